The molecule has 3 nitrogen and oxygen atoms in total. The van der Waals surface area contributed by atoms with Crippen LogP contribution in [0.1, 0.15) is 12.8 Å². The van der Waals surface area contributed by atoms with E-state index in [0.717, 1.165) is 48.3 Å². The molecule has 0 spiro atoms. The highest BCUT2D eigenvalue weighted by Crippen LogP contribution is 2.18. The molecule has 21 heavy (non-hydrogen) atoms. The van der Waals surface area contributed by atoms with Crippen LogP contribution in [0.25, 0.3) is 0 Å². The fraction of sp³-hybridized carbons (Fsp3) is 0.533. The van der Waals surface area contributed by atoms with Crippen LogP contribution in [-0.4, -0.2) is 43.9 Å². The second-order valence-electron chi connectivity index (χ2n) is 4.43. The van der Waals surface area contributed by atoms with Crippen molar-refractivity contribution in [2.24, 2.45) is 4.99 Å². The summed E-state index contributed by atoms with van der Waals surface area (Å²) in [5.74, 6) is 2.85. The van der Waals surface area contributed by atoms with E-state index < -0.39 is 0 Å². The SMILES string of the molecule is CN=C(NCCCSC)NCCCSc1ccc(F)cc1. The van der Waals surface area contributed by atoms with Gasteiger partial charge in [0, 0.05) is 25.0 Å². The number of hydrogen-bond donors (Lipinski definition) is 2. The Morgan fingerprint density at radius 2 is 1.71 bits per heavy atom. The van der Waals surface area contributed by atoms with Crippen molar-refractivity contribution in [2.75, 3.05) is 37.9 Å². The van der Waals surface area contributed by atoms with E-state index in [1.54, 1.807) is 18.8 Å². The molecule has 0 fully saturated rings. The predicted molar refractivity (Wildman–Crippen MR) is 94.1 cm³/mol. The van der Waals surface area contributed by atoms with Gasteiger partial charge in [-0.25, -0.2) is 4.39 Å². The van der Waals surface area contributed by atoms with Crippen LogP contribution in [0.3, 0.4) is 0 Å². The molecule has 0 aliphatic carbocycles. The first kappa shape index (κ1) is 18.2. The molecule has 0 unspecified atom stereocenters. The molecule has 0 amide bonds. The van der Waals surface area contributed by atoms with E-state index in [-0.39, 0.29) is 5.82 Å². The lowest BCUT2D eigenvalue weighted by atomic mass is 10.4. The summed E-state index contributed by atoms with van der Waals surface area (Å²) in [6.45, 7) is 1.83. The van der Waals surface area contributed by atoms with Crippen LogP contribution in [-0.2, 0) is 0 Å². The lowest BCUT2D eigenvalue weighted by Gasteiger charge is -2.11. The minimum Gasteiger partial charge on any atom is -0.356 e. The molecule has 0 bridgehead atoms. The second-order valence-corrected chi connectivity index (χ2v) is 6.58. The van der Waals surface area contributed by atoms with Crippen molar-refractivity contribution in [2.45, 2.75) is 17.7 Å². The van der Waals surface area contributed by atoms with Gasteiger partial charge in [-0.1, -0.05) is 0 Å². The van der Waals surface area contributed by atoms with E-state index in [9.17, 15) is 4.39 Å². The Morgan fingerprint density at radius 3 is 2.29 bits per heavy atom. The van der Waals surface area contributed by atoms with E-state index in [1.165, 1.54) is 12.1 Å². The maximum absolute atomic E-state index is 12.8. The van der Waals surface area contributed by atoms with Gasteiger partial charge in [0.05, 0.1) is 0 Å². The van der Waals surface area contributed by atoms with Crippen molar-refractivity contribution >= 4 is 29.5 Å². The molecule has 6 heteroatoms. The van der Waals surface area contributed by atoms with Gasteiger partial charge in [-0.3, -0.25) is 4.99 Å². The topological polar surface area (TPSA) is 36.4 Å². The number of thioether (sulfide) groups is 2. The van der Waals surface area contributed by atoms with Crippen LogP contribution in [0.15, 0.2) is 34.2 Å². The summed E-state index contributed by atoms with van der Waals surface area (Å²) in [5.41, 5.74) is 0. The van der Waals surface area contributed by atoms with Crippen molar-refractivity contribution in [3.8, 4) is 0 Å². The number of rotatable bonds is 9. The summed E-state index contributed by atoms with van der Waals surface area (Å²) in [4.78, 5) is 5.30. The third-order valence-corrected chi connectivity index (χ3v) is 4.53. The fourth-order valence-electron chi connectivity index (χ4n) is 1.64. The van der Waals surface area contributed by atoms with Gasteiger partial charge < -0.3 is 10.6 Å². The Bertz CT molecular complexity index is 410. The van der Waals surface area contributed by atoms with E-state index >= 15 is 0 Å². The van der Waals surface area contributed by atoms with Gasteiger partial charge in [-0.2, -0.15) is 11.8 Å². The standard InChI is InChI=1S/C15H24FN3S2/c1-17-15(18-9-3-11-20-2)19-10-4-12-21-14-7-5-13(16)6-8-14/h5-8H,3-4,9-12H2,1-2H3,(H2,17,18,19). The molecule has 0 aliphatic heterocycles. The number of halogens is 1. The van der Waals surface area contributed by atoms with Crippen LogP contribution in [0.2, 0.25) is 0 Å². The van der Waals surface area contributed by atoms with Crippen LogP contribution in [0, 0.1) is 5.82 Å². The monoisotopic (exact) mass is 329 g/mol. The molecule has 118 valence electrons. The van der Waals surface area contributed by atoms with E-state index in [1.807, 2.05) is 23.9 Å². The number of aliphatic imine (C=N–C) groups is 1. The number of nitrogens with one attached hydrogen (secondary N) is 2. The Labute approximate surface area is 135 Å². The molecule has 0 radical (unpaired) electrons. The molecule has 0 saturated carbocycles. The third-order valence-electron chi connectivity index (χ3n) is 2.74. The molecular weight excluding hydrogens is 305 g/mol. The lowest BCUT2D eigenvalue weighted by molar-refractivity contribution is 0.626. The number of guanidine groups is 1. The Morgan fingerprint density at radius 1 is 1.10 bits per heavy atom. The summed E-state index contributed by atoms with van der Waals surface area (Å²) in [6.07, 6.45) is 4.29. The molecule has 0 aliphatic rings. The Kier molecular flexibility index (Phi) is 10.2. The number of hydrogen-bond acceptors (Lipinski definition) is 3. The Balaban J connectivity index is 2.07. The molecule has 1 rings (SSSR count). The van der Waals surface area contributed by atoms with Gasteiger partial charge in [0.25, 0.3) is 0 Å². The van der Waals surface area contributed by atoms with Crippen molar-refractivity contribution < 1.29 is 4.39 Å². The van der Waals surface area contributed by atoms with Gasteiger partial charge in [-0.05, 0) is 54.9 Å². The normalized spacial score (nSPS) is 11.5. The maximum Gasteiger partial charge on any atom is 0.190 e. The third kappa shape index (κ3) is 8.88. The molecule has 0 aromatic heterocycles. The van der Waals surface area contributed by atoms with Crippen molar-refractivity contribution in [1.82, 2.24) is 10.6 Å². The summed E-state index contributed by atoms with van der Waals surface area (Å²) >= 11 is 3.60. The summed E-state index contributed by atoms with van der Waals surface area (Å²) in [5, 5.41) is 6.60. The van der Waals surface area contributed by atoms with E-state index in [2.05, 4.69) is 21.9 Å². The lowest BCUT2D eigenvalue weighted by Crippen LogP contribution is -2.38. The quantitative estimate of drug-likeness (QED) is 0.316. The molecule has 1 aromatic rings. The van der Waals surface area contributed by atoms with Crippen LogP contribution < -0.4 is 10.6 Å². The molecule has 2 N–H and O–H groups in total. The highest BCUT2D eigenvalue weighted by molar-refractivity contribution is 7.99. The first-order valence-corrected chi connectivity index (χ1v) is 9.46. The molecule has 0 saturated heterocycles. The van der Waals surface area contributed by atoms with Gasteiger partial charge in [0.15, 0.2) is 5.96 Å². The molecule has 0 heterocycles. The summed E-state index contributed by atoms with van der Waals surface area (Å²) in [7, 11) is 1.79. The largest absolute Gasteiger partial charge is 0.356 e. The zero-order valence-corrected chi connectivity index (χ0v) is 14.3. The minimum absolute atomic E-state index is 0.183. The van der Waals surface area contributed by atoms with Crippen molar-refractivity contribution in [3.05, 3.63) is 30.1 Å². The number of nitrogens with zero attached hydrogens (tertiary/aromatic N) is 1. The van der Waals surface area contributed by atoms with Gasteiger partial charge in [0.2, 0.25) is 0 Å². The molecule has 0 atom stereocenters. The zero-order chi connectivity index (χ0) is 15.3. The van der Waals surface area contributed by atoms with Crippen molar-refractivity contribution in [3.63, 3.8) is 0 Å². The van der Waals surface area contributed by atoms with Gasteiger partial charge in [-0.15, -0.1) is 11.8 Å². The van der Waals surface area contributed by atoms with Crippen LogP contribution in [0.5, 0.6) is 0 Å². The van der Waals surface area contributed by atoms with Gasteiger partial charge >= 0.3 is 0 Å². The van der Waals surface area contributed by atoms with Crippen LogP contribution >= 0.6 is 23.5 Å². The average Bonchev–Trinajstić information content (AvgIpc) is 2.51. The summed E-state index contributed by atoms with van der Waals surface area (Å²) in [6, 6.07) is 6.64. The average molecular weight is 330 g/mol. The minimum atomic E-state index is -0.183. The highest BCUT2D eigenvalue weighted by Gasteiger charge is 1.98. The zero-order valence-electron chi connectivity index (χ0n) is 12.7. The molecule has 1 aromatic carbocycles. The fourth-order valence-corrected chi connectivity index (χ4v) is 2.93. The van der Waals surface area contributed by atoms with E-state index in [0.29, 0.717) is 0 Å². The Hall–Kier alpha value is -0.880. The highest BCUT2D eigenvalue weighted by atomic mass is 32.2. The maximum atomic E-state index is 12.8. The molecular formula is C15H24FN3S2. The number of benzene rings is 1. The second kappa shape index (κ2) is 11.7. The van der Waals surface area contributed by atoms with E-state index in [4.69, 9.17) is 0 Å². The predicted octanol–water partition coefficient (Wildman–Crippen LogP) is 3.23. The first-order valence-electron chi connectivity index (χ1n) is 7.08. The van der Waals surface area contributed by atoms with Crippen molar-refractivity contribution in [1.29, 1.82) is 0 Å². The first-order chi connectivity index (χ1) is 10.3. The smallest absolute Gasteiger partial charge is 0.190 e. The summed E-state index contributed by atoms with van der Waals surface area (Å²) < 4.78 is 12.8. The van der Waals surface area contributed by atoms with Crippen LogP contribution in [0.4, 0.5) is 4.39 Å². The van der Waals surface area contributed by atoms with Gasteiger partial charge in [0.1, 0.15) is 5.82 Å².